The third kappa shape index (κ3) is 5.71. The van der Waals surface area contributed by atoms with E-state index in [9.17, 15) is 22.4 Å². The van der Waals surface area contributed by atoms with Gasteiger partial charge >= 0.3 is 5.97 Å². The van der Waals surface area contributed by atoms with Gasteiger partial charge in [0, 0.05) is 5.56 Å². The summed E-state index contributed by atoms with van der Waals surface area (Å²) in [6.45, 7) is 3.82. The largest absolute Gasteiger partial charge is 0.491 e. The summed E-state index contributed by atoms with van der Waals surface area (Å²) < 4.78 is 68.5. The Morgan fingerprint density at radius 3 is 2.14 bits per heavy atom. The molecule has 0 bridgehead atoms. The van der Waals surface area contributed by atoms with Crippen molar-refractivity contribution < 1.29 is 31.8 Å². The molecule has 0 heterocycles. The Bertz CT molecular complexity index is 1290. The summed E-state index contributed by atoms with van der Waals surface area (Å²) in [7, 11) is 0. The van der Waals surface area contributed by atoms with Crippen molar-refractivity contribution in [1.29, 1.82) is 0 Å². The number of hydrogen-bond acceptors (Lipinski definition) is 3. The molecule has 3 aromatic carbocycles. The zero-order valence-corrected chi connectivity index (χ0v) is 20.7. The topological polar surface area (TPSA) is 35.5 Å². The van der Waals surface area contributed by atoms with E-state index >= 15 is 0 Å². The summed E-state index contributed by atoms with van der Waals surface area (Å²) in [5.74, 6) is -5.59. The van der Waals surface area contributed by atoms with Gasteiger partial charge in [-0.05, 0) is 92.8 Å². The van der Waals surface area contributed by atoms with Crippen LogP contribution in [0.5, 0.6) is 11.5 Å². The number of rotatable bonds is 7. The average molecular weight is 513 g/mol. The van der Waals surface area contributed by atoms with Crippen LogP contribution < -0.4 is 9.47 Å². The van der Waals surface area contributed by atoms with Crippen LogP contribution in [0.3, 0.4) is 0 Å². The van der Waals surface area contributed by atoms with Gasteiger partial charge in [-0.15, -0.1) is 0 Å². The van der Waals surface area contributed by atoms with Crippen LogP contribution in [0.15, 0.2) is 60.7 Å². The molecule has 7 heteroatoms. The minimum Gasteiger partial charge on any atom is -0.491 e. The molecule has 0 unspecified atom stereocenters. The molecule has 0 amide bonds. The second kappa shape index (κ2) is 11.6. The lowest BCUT2D eigenvalue weighted by atomic mass is 9.78. The fourth-order valence-electron chi connectivity index (χ4n) is 4.80. The Kier molecular flexibility index (Phi) is 8.31. The molecule has 1 aliphatic rings. The fraction of sp³-hybridized carbons (Fsp3) is 0.300. The lowest BCUT2D eigenvalue weighted by molar-refractivity contribution is 0.0726. The maximum absolute atomic E-state index is 14.9. The Hall–Kier alpha value is -3.61. The fourth-order valence-corrected chi connectivity index (χ4v) is 4.80. The van der Waals surface area contributed by atoms with Gasteiger partial charge < -0.3 is 9.47 Å². The molecule has 3 nitrogen and oxygen atoms in total. The van der Waals surface area contributed by atoms with Gasteiger partial charge in [0.25, 0.3) is 0 Å². The molecule has 0 radical (unpaired) electrons. The van der Waals surface area contributed by atoms with E-state index in [1.54, 1.807) is 6.92 Å². The van der Waals surface area contributed by atoms with Crippen LogP contribution >= 0.6 is 0 Å². The first-order chi connectivity index (χ1) is 17.8. The lowest BCUT2D eigenvalue weighted by Gasteiger charge is -2.27. The number of hydrogen-bond donors (Lipinski definition) is 0. The predicted molar refractivity (Wildman–Crippen MR) is 134 cm³/mol. The summed E-state index contributed by atoms with van der Waals surface area (Å²) in [5, 5.41) is 0. The highest BCUT2D eigenvalue weighted by Crippen LogP contribution is 2.39. The summed E-state index contributed by atoms with van der Waals surface area (Å²) >= 11 is 0. The van der Waals surface area contributed by atoms with E-state index in [0.717, 1.165) is 25.7 Å². The number of ether oxygens (including phenoxy) is 2. The van der Waals surface area contributed by atoms with Crippen molar-refractivity contribution in [2.24, 2.45) is 5.92 Å². The van der Waals surface area contributed by atoms with E-state index in [0.29, 0.717) is 17.0 Å². The second-order valence-electron chi connectivity index (χ2n) is 9.06. The van der Waals surface area contributed by atoms with Crippen molar-refractivity contribution in [3.05, 3.63) is 95.1 Å². The van der Waals surface area contributed by atoms with Gasteiger partial charge in [-0.3, -0.25) is 0 Å². The Morgan fingerprint density at radius 2 is 1.49 bits per heavy atom. The zero-order chi connectivity index (χ0) is 26.5. The van der Waals surface area contributed by atoms with E-state index < -0.39 is 35.0 Å². The SMILES string of the molecule is C/C=C/C1CCC(c2ccc(OC(=O)c3ccc(-c4ccc(OCC)c(F)c4F)cc3)c(F)c2F)CC1. The molecule has 0 saturated heterocycles. The third-order valence-corrected chi connectivity index (χ3v) is 6.73. The lowest BCUT2D eigenvalue weighted by Crippen LogP contribution is -2.15. The van der Waals surface area contributed by atoms with Crippen molar-refractivity contribution >= 4 is 5.97 Å². The van der Waals surface area contributed by atoms with Crippen molar-refractivity contribution in [2.45, 2.75) is 45.4 Å². The van der Waals surface area contributed by atoms with Crippen LogP contribution in [0, 0.1) is 29.2 Å². The van der Waals surface area contributed by atoms with Crippen molar-refractivity contribution in [2.75, 3.05) is 6.61 Å². The van der Waals surface area contributed by atoms with Gasteiger partial charge in [0.2, 0.25) is 11.6 Å². The summed E-state index contributed by atoms with van der Waals surface area (Å²) in [6.07, 6.45) is 7.51. The highest BCUT2D eigenvalue weighted by molar-refractivity contribution is 5.91. The molecular formula is C30H28F4O3. The van der Waals surface area contributed by atoms with Gasteiger partial charge in [0.05, 0.1) is 12.2 Å². The van der Waals surface area contributed by atoms with Gasteiger partial charge in [-0.25, -0.2) is 13.6 Å². The van der Waals surface area contributed by atoms with E-state index in [-0.39, 0.29) is 29.4 Å². The quantitative estimate of drug-likeness (QED) is 0.138. The maximum atomic E-state index is 14.9. The minimum absolute atomic E-state index is 0.00988. The first-order valence-corrected chi connectivity index (χ1v) is 12.4. The number of carbonyl (C=O) groups excluding carboxylic acids is 1. The molecule has 1 saturated carbocycles. The molecule has 3 aromatic rings. The van der Waals surface area contributed by atoms with Gasteiger partial charge in [0.1, 0.15) is 0 Å². The minimum atomic E-state index is -1.20. The van der Waals surface area contributed by atoms with E-state index in [1.807, 2.05) is 13.0 Å². The molecule has 1 fully saturated rings. The van der Waals surface area contributed by atoms with Gasteiger partial charge in [-0.1, -0.05) is 30.4 Å². The molecule has 0 spiro atoms. The Morgan fingerprint density at radius 1 is 0.838 bits per heavy atom. The number of halogens is 4. The first kappa shape index (κ1) is 26.5. The predicted octanol–water partition coefficient (Wildman–Crippen LogP) is 8.38. The number of carbonyl (C=O) groups is 1. The highest BCUT2D eigenvalue weighted by Gasteiger charge is 2.26. The molecule has 0 aliphatic heterocycles. The first-order valence-electron chi connectivity index (χ1n) is 12.4. The van der Waals surface area contributed by atoms with Crippen molar-refractivity contribution in [3.63, 3.8) is 0 Å². The molecule has 1 aliphatic carbocycles. The van der Waals surface area contributed by atoms with Crippen LogP contribution in [-0.2, 0) is 0 Å². The second-order valence-corrected chi connectivity index (χ2v) is 9.06. The van der Waals surface area contributed by atoms with Crippen LogP contribution in [0.4, 0.5) is 17.6 Å². The molecule has 194 valence electrons. The Balaban J connectivity index is 1.46. The molecular weight excluding hydrogens is 484 g/mol. The standard InChI is InChI=1S/C30H28F4O3/c1-3-5-18-6-8-19(9-7-18)23-15-17-25(29(34)27(23)32)37-30(35)21-12-10-20(11-13-21)22-14-16-24(36-4-2)28(33)26(22)31/h3,5,10-19H,4,6-9H2,1-2H3/b5-3+. The van der Waals surface area contributed by atoms with Gasteiger partial charge in [-0.2, -0.15) is 8.78 Å². The number of benzene rings is 3. The molecule has 0 aromatic heterocycles. The molecule has 0 N–H and O–H groups in total. The van der Waals surface area contributed by atoms with Crippen LogP contribution in [0.1, 0.15) is 61.4 Å². The summed E-state index contributed by atoms with van der Waals surface area (Å²) in [4.78, 5) is 12.6. The average Bonchev–Trinajstić information content (AvgIpc) is 2.91. The molecule has 4 rings (SSSR count). The molecule has 37 heavy (non-hydrogen) atoms. The summed E-state index contributed by atoms with van der Waals surface area (Å²) in [5.41, 5.74) is 0.651. The smallest absolute Gasteiger partial charge is 0.343 e. The van der Waals surface area contributed by atoms with E-state index in [4.69, 9.17) is 9.47 Å². The van der Waals surface area contributed by atoms with Crippen LogP contribution in [0.25, 0.3) is 11.1 Å². The number of esters is 1. The monoisotopic (exact) mass is 512 g/mol. The maximum Gasteiger partial charge on any atom is 0.343 e. The molecule has 0 atom stereocenters. The van der Waals surface area contributed by atoms with Crippen LogP contribution in [-0.4, -0.2) is 12.6 Å². The van der Waals surface area contributed by atoms with E-state index in [2.05, 4.69) is 6.08 Å². The van der Waals surface area contributed by atoms with E-state index in [1.165, 1.54) is 48.5 Å². The third-order valence-electron chi connectivity index (χ3n) is 6.73. The van der Waals surface area contributed by atoms with Crippen LogP contribution in [0.2, 0.25) is 0 Å². The normalized spacial score (nSPS) is 17.7. The highest BCUT2D eigenvalue weighted by atomic mass is 19.2. The zero-order valence-electron chi connectivity index (χ0n) is 20.7. The number of allylic oxidation sites excluding steroid dienone is 2. The van der Waals surface area contributed by atoms with Crippen molar-refractivity contribution in [3.8, 4) is 22.6 Å². The Labute approximate surface area is 213 Å². The summed E-state index contributed by atoms with van der Waals surface area (Å²) in [6, 6.07) is 11.0. The van der Waals surface area contributed by atoms with Crippen molar-refractivity contribution in [1.82, 2.24) is 0 Å². The van der Waals surface area contributed by atoms with Gasteiger partial charge in [0.15, 0.2) is 23.1 Å².